The maximum Gasteiger partial charge on any atom is 0.0346 e. The van der Waals surface area contributed by atoms with Crippen LogP contribution in [0.15, 0.2) is 24.3 Å². The van der Waals surface area contributed by atoms with Crippen LogP contribution in [0, 0.1) is 5.92 Å². The summed E-state index contributed by atoms with van der Waals surface area (Å²) in [5.41, 5.74) is 8.23. The van der Waals surface area contributed by atoms with E-state index in [4.69, 9.17) is 5.73 Å². The SMILES string of the molecule is CC1CCCCC1N(C)CCCc1ccccc1N. The van der Waals surface area contributed by atoms with Crippen molar-refractivity contribution in [1.82, 2.24) is 4.90 Å². The first-order valence-corrected chi connectivity index (χ1v) is 7.72. The molecule has 1 aliphatic rings. The Balaban J connectivity index is 1.77. The fourth-order valence-corrected chi connectivity index (χ4v) is 3.40. The van der Waals surface area contributed by atoms with Gasteiger partial charge in [-0.2, -0.15) is 0 Å². The van der Waals surface area contributed by atoms with Gasteiger partial charge in [0.25, 0.3) is 0 Å². The summed E-state index contributed by atoms with van der Waals surface area (Å²) in [4.78, 5) is 2.57. The molecular weight excluding hydrogens is 232 g/mol. The number of rotatable bonds is 5. The van der Waals surface area contributed by atoms with Crippen molar-refractivity contribution in [3.05, 3.63) is 29.8 Å². The first kappa shape index (κ1) is 14.4. The van der Waals surface area contributed by atoms with Crippen molar-refractivity contribution in [1.29, 1.82) is 0 Å². The van der Waals surface area contributed by atoms with E-state index in [9.17, 15) is 0 Å². The van der Waals surface area contributed by atoms with Crippen LogP contribution >= 0.6 is 0 Å². The third kappa shape index (κ3) is 3.97. The van der Waals surface area contributed by atoms with Crippen LogP contribution in [0.5, 0.6) is 0 Å². The van der Waals surface area contributed by atoms with Gasteiger partial charge < -0.3 is 10.6 Å². The number of para-hydroxylation sites is 1. The summed E-state index contributed by atoms with van der Waals surface area (Å²) in [5, 5.41) is 0. The second-order valence-electron chi connectivity index (χ2n) is 6.11. The minimum Gasteiger partial charge on any atom is -0.399 e. The van der Waals surface area contributed by atoms with Gasteiger partial charge in [-0.05, 0) is 56.8 Å². The topological polar surface area (TPSA) is 29.3 Å². The maximum atomic E-state index is 5.99. The highest BCUT2D eigenvalue weighted by Gasteiger charge is 2.24. The molecule has 1 aromatic rings. The Hall–Kier alpha value is -1.02. The summed E-state index contributed by atoms with van der Waals surface area (Å²) in [6, 6.07) is 9.04. The molecule has 2 N–H and O–H groups in total. The molecule has 0 bridgehead atoms. The highest BCUT2D eigenvalue weighted by molar-refractivity contribution is 5.46. The van der Waals surface area contributed by atoms with Crippen molar-refractivity contribution in [2.75, 3.05) is 19.3 Å². The van der Waals surface area contributed by atoms with Gasteiger partial charge in [0.15, 0.2) is 0 Å². The molecule has 2 unspecified atom stereocenters. The molecule has 0 heterocycles. The molecule has 1 fully saturated rings. The van der Waals surface area contributed by atoms with Gasteiger partial charge in [0.1, 0.15) is 0 Å². The molecule has 106 valence electrons. The average molecular weight is 260 g/mol. The van der Waals surface area contributed by atoms with Gasteiger partial charge in [-0.25, -0.2) is 0 Å². The standard InChI is InChI=1S/C17H28N2/c1-14-8-3-6-12-17(14)19(2)13-7-10-15-9-4-5-11-16(15)18/h4-5,9,11,14,17H,3,6-8,10,12-13,18H2,1-2H3. The third-order valence-electron chi connectivity index (χ3n) is 4.64. The zero-order valence-corrected chi connectivity index (χ0v) is 12.4. The molecule has 0 spiro atoms. The van der Waals surface area contributed by atoms with Crippen LogP contribution in [0.2, 0.25) is 0 Å². The first-order chi connectivity index (χ1) is 9.18. The molecule has 2 nitrogen and oxygen atoms in total. The number of nitrogen functional groups attached to an aromatic ring is 1. The van der Waals surface area contributed by atoms with Crippen molar-refractivity contribution in [3.8, 4) is 0 Å². The number of nitrogens with zero attached hydrogens (tertiary/aromatic N) is 1. The molecule has 1 aliphatic carbocycles. The summed E-state index contributed by atoms with van der Waals surface area (Å²) >= 11 is 0. The van der Waals surface area contributed by atoms with Gasteiger partial charge in [-0.1, -0.05) is 38.0 Å². The molecule has 0 saturated heterocycles. The van der Waals surface area contributed by atoms with Gasteiger partial charge >= 0.3 is 0 Å². The predicted molar refractivity (Wildman–Crippen MR) is 83.2 cm³/mol. The van der Waals surface area contributed by atoms with Crippen LogP contribution in [0.3, 0.4) is 0 Å². The van der Waals surface area contributed by atoms with Crippen LogP contribution in [0.1, 0.15) is 44.6 Å². The van der Waals surface area contributed by atoms with Crippen molar-refractivity contribution in [3.63, 3.8) is 0 Å². The van der Waals surface area contributed by atoms with E-state index in [1.54, 1.807) is 0 Å². The minimum absolute atomic E-state index is 0.793. The van der Waals surface area contributed by atoms with Crippen molar-refractivity contribution < 1.29 is 0 Å². The number of aryl methyl sites for hydroxylation is 1. The van der Waals surface area contributed by atoms with Gasteiger partial charge in [0, 0.05) is 11.7 Å². The second kappa shape index (κ2) is 6.95. The minimum atomic E-state index is 0.793. The second-order valence-corrected chi connectivity index (χ2v) is 6.11. The van der Waals surface area contributed by atoms with E-state index in [2.05, 4.69) is 31.0 Å². The van der Waals surface area contributed by atoms with Crippen molar-refractivity contribution in [2.45, 2.75) is 51.5 Å². The lowest BCUT2D eigenvalue weighted by atomic mass is 9.85. The van der Waals surface area contributed by atoms with E-state index in [0.717, 1.165) is 24.1 Å². The molecule has 0 aliphatic heterocycles. The van der Waals surface area contributed by atoms with Crippen molar-refractivity contribution >= 4 is 5.69 Å². The number of nitrogens with two attached hydrogens (primary N) is 1. The molecular formula is C17H28N2. The molecule has 0 amide bonds. The fraction of sp³-hybridized carbons (Fsp3) is 0.647. The zero-order chi connectivity index (χ0) is 13.7. The number of hydrogen-bond acceptors (Lipinski definition) is 2. The summed E-state index contributed by atoms with van der Waals surface area (Å²) < 4.78 is 0. The Morgan fingerprint density at radius 2 is 1.95 bits per heavy atom. The molecule has 19 heavy (non-hydrogen) atoms. The Bertz CT molecular complexity index is 389. The molecule has 0 aromatic heterocycles. The lowest BCUT2D eigenvalue weighted by Crippen LogP contribution is -2.39. The zero-order valence-electron chi connectivity index (χ0n) is 12.4. The maximum absolute atomic E-state index is 5.99. The van der Waals surface area contributed by atoms with Crippen LogP contribution in [-0.2, 0) is 6.42 Å². The Morgan fingerprint density at radius 1 is 1.21 bits per heavy atom. The van der Waals surface area contributed by atoms with Gasteiger partial charge in [0.2, 0.25) is 0 Å². The normalized spacial score (nSPS) is 23.7. The van der Waals surface area contributed by atoms with Gasteiger partial charge in [-0.15, -0.1) is 0 Å². The number of hydrogen-bond donors (Lipinski definition) is 1. The number of benzene rings is 1. The highest BCUT2D eigenvalue weighted by atomic mass is 15.1. The summed E-state index contributed by atoms with van der Waals surface area (Å²) in [6.45, 7) is 3.60. The van der Waals surface area contributed by atoms with Crippen LogP contribution < -0.4 is 5.73 Å². The smallest absolute Gasteiger partial charge is 0.0346 e. The van der Waals surface area contributed by atoms with E-state index in [1.165, 1.54) is 44.2 Å². The molecule has 0 radical (unpaired) electrons. The largest absolute Gasteiger partial charge is 0.399 e. The summed E-state index contributed by atoms with van der Waals surface area (Å²) in [5.74, 6) is 0.862. The average Bonchev–Trinajstić information content (AvgIpc) is 2.41. The summed E-state index contributed by atoms with van der Waals surface area (Å²) in [6.07, 6.45) is 7.91. The van der Waals surface area contributed by atoms with E-state index >= 15 is 0 Å². The molecule has 1 aromatic carbocycles. The molecule has 2 rings (SSSR count). The van der Waals surface area contributed by atoms with Crippen LogP contribution in [0.4, 0.5) is 5.69 Å². The quantitative estimate of drug-likeness (QED) is 0.818. The predicted octanol–water partition coefficient (Wildman–Crippen LogP) is 3.71. The van der Waals surface area contributed by atoms with E-state index in [1.807, 2.05) is 12.1 Å². The first-order valence-electron chi connectivity index (χ1n) is 7.72. The van der Waals surface area contributed by atoms with E-state index < -0.39 is 0 Å². The molecule has 2 heteroatoms. The Labute approximate surface area is 118 Å². The Morgan fingerprint density at radius 3 is 2.68 bits per heavy atom. The van der Waals surface area contributed by atoms with Crippen LogP contribution in [-0.4, -0.2) is 24.5 Å². The highest BCUT2D eigenvalue weighted by Crippen LogP contribution is 2.27. The molecule has 1 saturated carbocycles. The van der Waals surface area contributed by atoms with E-state index in [-0.39, 0.29) is 0 Å². The lowest BCUT2D eigenvalue weighted by molar-refractivity contribution is 0.138. The van der Waals surface area contributed by atoms with E-state index in [0.29, 0.717) is 0 Å². The Kier molecular flexibility index (Phi) is 5.26. The number of anilines is 1. The molecule has 2 atom stereocenters. The van der Waals surface area contributed by atoms with Gasteiger partial charge in [0.05, 0.1) is 0 Å². The van der Waals surface area contributed by atoms with Crippen molar-refractivity contribution in [2.24, 2.45) is 5.92 Å². The summed E-state index contributed by atoms with van der Waals surface area (Å²) in [7, 11) is 2.29. The lowest BCUT2D eigenvalue weighted by Gasteiger charge is -2.36. The third-order valence-corrected chi connectivity index (χ3v) is 4.64. The fourth-order valence-electron chi connectivity index (χ4n) is 3.40. The monoisotopic (exact) mass is 260 g/mol. The van der Waals surface area contributed by atoms with Crippen LogP contribution in [0.25, 0.3) is 0 Å². The van der Waals surface area contributed by atoms with Gasteiger partial charge in [-0.3, -0.25) is 0 Å².